The third-order valence-electron chi connectivity index (χ3n) is 5.41. The van der Waals surface area contributed by atoms with Gasteiger partial charge in [0.05, 0.1) is 4.90 Å². The minimum absolute atomic E-state index is 0.434. The number of unbranched alkanes of at least 4 members (excludes halogenated alkanes) is 1. The number of hydrogen-bond donors (Lipinski definition) is 0. The van der Waals surface area contributed by atoms with Gasteiger partial charge in [0.2, 0.25) is 10.0 Å². The van der Waals surface area contributed by atoms with Crippen molar-refractivity contribution in [3.63, 3.8) is 0 Å². The van der Waals surface area contributed by atoms with Crippen LogP contribution in [-0.4, -0.2) is 25.8 Å². The molecular formula is C21H29NO2S. The van der Waals surface area contributed by atoms with Gasteiger partial charge in [0.25, 0.3) is 0 Å². The smallest absolute Gasteiger partial charge is 0.207 e. The van der Waals surface area contributed by atoms with E-state index in [1.807, 2.05) is 12.1 Å². The first-order valence-corrected chi connectivity index (χ1v) is 11.0. The summed E-state index contributed by atoms with van der Waals surface area (Å²) in [6.45, 7) is 3.42. The number of benzene rings is 1. The van der Waals surface area contributed by atoms with Crippen molar-refractivity contribution in [3.05, 3.63) is 54.1 Å². The number of hydrogen-bond acceptors (Lipinski definition) is 2. The van der Waals surface area contributed by atoms with Crippen molar-refractivity contribution in [1.29, 1.82) is 0 Å². The molecule has 0 atom stereocenters. The van der Waals surface area contributed by atoms with Gasteiger partial charge in [-0.25, -0.2) is 8.42 Å². The molecule has 0 amide bonds. The van der Waals surface area contributed by atoms with Crippen LogP contribution in [0.3, 0.4) is 0 Å². The Hall–Kier alpha value is -1.39. The van der Waals surface area contributed by atoms with Gasteiger partial charge < -0.3 is 0 Å². The van der Waals surface area contributed by atoms with Crippen LogP contribution >= 0.6 is 0 Å². The third kappa shape index (κ3) is 4.42. The normalized spacial score (nSPS) is 20.2. The summed E-state index contributed by atoms with van der Waals surface area (Å²) in [4.78, 5) is 0.434. The summed E-state index contributed by atoms with van der Waals surface area (Å²) in [5, 5.41) is 0. The predicted molar refractivity (Wildman–Crippen MR) is 103 cm³/mol. The van der Waals surface area contributed by atoms with E-state index in [1.165, 1.54) is 5.56 Å². The highest BCUT2D eigenvalue weighted by molar-refractivity contribution is 7.89. The molecule has 1 aromatic rings. The lowest BCUT2D eigenvalue weighted by atomic mass is 9.83. The van der Waals surface area contributed by atoms with Crippen LogP contribution in [0.4, 0.5) is 0 Å². The van der Waals surface area contributed by atoms with Crippen LogP contribution < -0.4 is 0 Å². The zero-order valence-corrected chi connectivity index (χ0v) is 15.9. The van der Waals surface area contributed by atoms with Gasteiger partial charge in [-0.3, -0.25) is 0 Å². The maximum absolute atomic E-state index is 12.9. The fraction of sp³-hybridized carbons (Fsp3) is 0.524. The molecule has 0 aromatic heterocycles. The largest absolute Gasteiger partial charge is 0.243 e. The molecule has 0 bridgehead atoms. The van der Waals surface area contributed by atoms with Crippen molar-refractivity contribution < 1.29 is 8.42 Å². The van der Waals surface area contributed by atoms with Crippen LogP contribution in [-0.2, 0) is 16.4 Å². The van der Waals surface area contributed by atoms with Crippen molar-refractivity contribution in [1.82, 2.24) is 4.31 Å². The SMILES string of the molecule is CCCCc1ccc(S(=O)(=O)N2CCC(C3C=CCC=C3)CC2)cc1. The molecular weight excluding hydrogens is 330 g/mol. The van der Waals surface area contributed by atoms with Crippen molar-refractivity contribution in [3.8, 4) is 0 Å². The molecule has 3 rings (SSSR count). The van der Waals surface area contributed by atoms with E-state index in [4.69, 9.17) is 0 Å². The van der Waals surface area contributed by atoms with Crippen molar-refractivity contribution in [2.75, 3.05) is 13.1 Å². The van der Waals surface area contributed by atoms with Gasteiger partial charge in [-0.05, 0) is 61.6 Å². The van der Waals surface area contributed by atoms with Gasteiger partial charge in [-0.2, -0.15) is 4.31 Å². The van der Waals surface area contributed by atoms with E-state index in [2.05, 4.69) is 31.2 Å². The summed E-state index contributed by atoms with van der Waals surface area (Å²) in [5.74, 6) is 1.05. The van der Waals surface area contributed by atoms with E-state index in [-0.39, 0.29) is 0 Å². The average molecular weight is 360 g/mol. The van der Waals surface area contributed by atoms with E-state index in [9.17, 15) is 8.42 Å². The number of aryl methyl sites for hydroxylation is 1. The second-order valence-electron chi connectivity index (χ2n) is 7.16. The highest BCUT2D eigenvalue weighted by Crippen LogP contribution is 2.31. The van der Waals surface area contributed by atoms with Gasteiger partial charge in [-0.1, -0.05) is 49.8 Å². The minimum Gasteiger partial charge on any atom is -0.207 e. The Bertz CT molecular complexity index is 699. The standard InChI is InChI=1S/C21H29NO2S/c1-2-3-7-18-10-12-21(13-11-18)25(23,24)22-16-14-20(15-17-22)19-8-5-4-6-9-19/h5-6,8-13,19-20H,2-4,7,14-17H2,1H3. The summed E-state index contributed by atoms with van der Waals surface area (Å²) in [6, 6.07) is 7.48. The van der Waals surface area contributed by atoms with Gasteiger partial charge in [0, 0.05) is 13.1 Å². The maximum atomic E-state index is 12.9. The number of rotatable bonds is 6. The molecule has 4 heteroatoms. The number of nitrogens with zero attached hydrogens (tertiary/aromatic N) is 1. The van der Waals surface area contributed by atoms with Crippen LogP contribution in [0.15, 0.2) is 53.5 Å². The van der Waals surface area contributed by atoms with Gasteiger partial charge in [0.1, 0.15) is 0 Å². The summed E-state index contributed by atoms with van der Waals surface area (Å²) in [7, 11) is -3.36. The molecule has 1 aliphatic carbocycles. The monoisotopic (exact) mass is 359 g/mol. The fourth-order valence-corrected chi connectivity index (χ4v) is 5.26. The second-order valence-corrected chi connectivity index (χ2v) is 9.10. The average Bonchev–Trinajstić information content (AvgIpc) is 2.67. The number of piperidine rings is 1. The van der Waals surface area contributed by atoms with Crippen molar-refractivity contribution >= 4 is 10.0 Å². The molecule has 25 heavy (non-hydrogen) atoms. The molecule has 0 unspecified atom stereocenters. The first kappa shape index (κ1) is 18.4. The summed E-state index contributed by atoms with van der Waals surface area (Å²) in [6.07, 6.45) is 15.2. The highest BCUT2D eigenvalue weighted by Gasteiger charge is 2.31. The Morgan fingerprint density at radius 3 is 2.28 bits per heavy atom. The van der Waals surface area contributed by atoms with Crippen LogP contribution in [0.1, 0.15) is 44.6 Å². The zero-order valence-electron chi connectivity index (χ0n) is 15.1. The van der Waals surface area contributed by atoms with Crippen molar-refractivity contribution in [2.45, 2.75) is 50.3 Å². The lowest BCUT2D eigenvalue weighted by Crippen LogP contribution is -2.39. The summed E-state index contributed by atoms with van der Waals surface area (Å²) >= 11 is 0. The molecule has 1 heterocycles. The van der Waals surface area contributed by atoms with Crippen molar-refractivity contribution in [2.24, 2.45) is 11.8 Å². The highest BCUT2D eigenvalue weighted by atomic mass is 32.2. The Balaban J connectivity index is 1.62. The quantitative estimate of drug-likeness (QED) is 0.698. The molecule has 1 aromatic carbocycles. The molecule has 1 fully saturated rings. The molecule has 0 N–H and O–H groups in total. The first-order valence-electron chi connectivity index (χ1n) is 9.53. The molecule has 3 nitrogen and oxygen atoms in total. The molecule has 1 saturated heterocycles. The number of allylic oxidation sites excluding steroid dienone is 4. The summed E-state index contributed by atoms with van der Waals surface area (Å²) in [5.41, 5.74) is 1.22. The van der Waals surface area contributed by atoms with Crippen LogP contribution in [0.25, 0.3) is 0 Å². The van der Waals surface area contributed by atoms with Gasteiger partial charge in [0.15, 0.2) is 0 Å². The lowest BCUT2D eigenvalue weighted by Gasteiger charge is -2.34. The second kappa shape index (κ2) is 8.33. The van der Waals surface area contributed by atoms with E-state index in [0.717, 1.165) is 38.5 Å². The van der Waals surface area contributed by atoms with Gasteiger partial charge >= 0.3 is 0 Å². The molecule has 1 aliphatic heterocycles. The van der Waals surface area contributed by atoms with E-state index in [1.54, 1.807) is 16.4 Å². The van der Waals surface area contributed by atoms with Crippen LogP contribution in [0, 0.1) is 11.8 Å². The van der Waals surface area contributed by atoms with E-state index in [0.29, 0.717) is 29.8 Å². The van der Waals surface area contributed by atoms with Crippen LogP contribution in [0.5, 0.6) is 0 Å². The Labute approximate surface area is 152 Å². The molecule has 0 spiro atoms. The molecule has 0 radical (unpaired) electrons. The number of sulfonamides is 1. The Morgan fingerprint density at radius 2 is 1.68 bits per heavy atom. The van der Waals surface area contributed by atoms with Gasteiger partial charge in [-0.15, -0.1) is 0 Å². The molecule has 0 saturated carbocycles. The Morgan fingerprint density at radius 1 is 1.04 bits per heavy atom. The molecule has 2 aliphatic rings. The topological polar surface area (TPSA) is 37.4 Å². The van der Waals surface area contributed by atoms with E-state index >= 15 is 0 Å². The fourth-order valence-electron chi connectivity index (χ4n) is 3.79. The predicted octanol–water partition coefficient (Wildman–Crippen LogP) is 4.56. The zero-order chi connectivity index (χ0) is 17.7. The first-order chi connectivity index (χ1) is 12.1. The van der Waals surface area contributed by atoms with E-state index < -0.39 is 10.0 Å². The third-order valence-corrected chi connectivity index (χ3v) is 7.32. The lowest BCUT2D eigenvalue weighted by molar-refractivity contribution is 0.250. The summed E-state index contributed by atoms with van der Waals surface area (Å²) < 4.78 is 27.5. The molecule has 136 valence electrons. The minimum atomic E-state index is -3.36. The Kier molecular flexibility index (Phi) is 6.13. The van der Waals surface area contributed by atoms with Crippen LogP contribution in [0.2, 0.25) is 0 Å². The maximum Gasteiger partial charge on any atom is 0.243 e.